The second-order valence-corrected chi connectivity index (χ2v) is 9.01. The van der Waals surface area contributed by atoms with Crippen LogP contribution in [0.1, 0.15) is 37.7 Å². The minimum Gasteiger partial charge on any atom is -0.273 e. The van der Waals surface area contributed by atoms with Crippen LogP contribution in [0.5, 0.6) is 0 Å². The third kappa shape index (κ3) is 2.44. The predicted octanol–water partition coefficient (Wildman–Crippen LogP) is 4.02. The number of fused-ring (bicyclic) bond motifs is 1. The molecule has 3 aliphatic rings. The van der Waals surface area contributed by atoms with Crippen LogP contribution in [-0.4, -0.2) is 19.3 Å². The quantitative estimate of drug-likeness (QED) is 0.786. The molecule has 1 aromatic carbocycles. The van der Waals surface area contributed by atoms with Crippen LogP contribution >= 0.6 is 0 Å². The Morgan fingerprint density at radius 2 is 1.96 bits per heavy atom. The number of hydrogen-bond acceptors (Lipinski definition) is 2. The molecule has 4 heteroatoms. The summed E-state index contributed by atoms with van der Waals surface area (Å²) in [5, 5.41) is 0. The Balaban J connectivity index is 1.59. The molecule has 3 nitrogen and oxygen atoms in total. The molecule has 1 heterocycles. The van der Waals surface area contributed by atoms with E-state index in [0.29, 0.717) is 17.4 Å². The van der Waals surface area contributed by atoms with E-state index < -0.39 is 10.0 Å². The van der Waals surface area contributed by atoms with Crippen molar-refractivity contribution in [1.82, 2.24) is 4.31 Å². The molecular formula is C19H23NO2S. The molecule has 2 aliphatic carbocycles. The fourth-order valence-electron chi connectivity index (χ4n) is 4.06. The Morgan fingerprint density at radius 1 is 1.17 bits per heavy atom. The van der Waals surface area contributed by atoms with Gasteiger partial charge in [-0.1, -0.05) is 35.4 Å². The summed E-state index contributed by atoms with van der Waals surface area (Å²) in [4.78, 5) is 0.387. The molecular weight excluding hydrogens is 306 g/mol. The van der Waals surface area contributed by atoms with Crippen LogP contribution in [0.2, 0.25) is 0 Å². The van der Waals surface area contributed by atoms with E-state index in [4.69, 9.17) is 0 Å². The van der Waals surface area contributed by atoms with Gasteiger partial charge in [0.25, 0.3) is 10.0 Å². The highest BCUT2D eigenvalue weighted by atomic mass is 32.2. The predicted molar refractivity (Wildman–Crippen MR) is 91.3 cm³/mol. The summed E-state index contributed by atoms with van der Waals surface area (Å²) in [6.07, 6.45) is 12.4. The summed E-state index contributed by atoms with van der Waals surface area (Å²) in [6, 6.07) is 7.12. The first-order valence-corrected chi connectivity index (χ1v) is 9.94. The van der Waals surface area contributed by atoms with Crippen molar-refractivity contribution in [2.24, 2.45) is 11.3 Å². The average molecular weight is 329 g/mol. The number of sulfonamides is 1. The summed E-state index contributed by atoms with van der Waals surface area (Å²) in [6.45, 7) is 2.58. The van der Waals surface area contributed by atoms with Crippen LogP contribution in [0, 0.1) is 18.3 Å². The van der Waals surface area contributed by atoms with Crippen LogP contribution < -0.4 is 0 Å². The van der Waals surface area contributed by atoms with E-state index in [1.54, 1.807) is 17.7 Å². The maximum atomic E-state index is 12.8. The van der Waals surface area contributed by atoms with Crippen LogP contribution in [0.15, 0.2) is 53.1 Å². The zero-order valence-electron chi connectivity index (χ0n) is 13.5. The molecule has 2 atom stereocenters. The largest absolute Gasteiger partial charge is 0.273 e. The van der Waals surface area contributed by atoms with Gasteiger partial charge in [0, 0.05) is 18.2 Å². The Kier molecular flexibility index (Phi) is 3.41. The van der Waals surface area contributed by atoms with Gasteiger partial charge < -0.3 is 0 Å². The molecule has 0 aromatic heterocycles. The standard InChI is InChI=1S/C19H23NO2S/c1-15-7-9-18(10-8-15)23(21,22)20-12-11-19(13-17(19)14-20)16-5-3-2-4-6-16/h5,7-12,17H,2-4,6,13-14H2,1H3/t17-,19-/m1/s1. The van der Waals surface area contributed by atoms with Gasteiger partial charge in [-0.3, -0.25) is 4.31 Å². The first kappa shape index (κ1) is 15.0. The highest BCUT2D eigenvalue weighted by Gasteiger charge is 2.57. The summed E-state index contributed by atoms with van der Waals surface area (Å²) in [5.41, 5.74) is 2.81. The van der Waals surface area contributed by atoms with E-state index in [1.807, 2.05) is 25.3 Å². The van der Waals surface area contributed by atoms with Crippen LogP contribution in [0.25, 0.3) is 0 Å². The Labute approximate surface area is 138 Å². The third-order valence-corrected chi connectivity index (χ3v) is 7.36. The SMILES string of the molecule is Cc1ccc(S(=O)(=O)N2C=C[C@]3(C4=CCCCC4)C[C@@H]3C2)cc1. The summed E-state index contributed by atoms with van der Waals surface area (Å²) >= 11 is 0. The minimum atomic E-state index is -3.42. The monoisotopic (exact) mass is 329 g/mol. The second-order valence-electron chi connectivity index (χ2n) is 7.12. The molecule has 0 bridgehead atoms. The molecule has 4 rings (SSSR count). The highest BCUT2D eigenvalue weighted by molar-refractivity contribution is 7.89. The molecule has 1 saturated carbocycles. The maximum Gasteiger partial charge on any atom is 0.263 e. The number of allylic oxidation sites excluding steroid dienone is 3. The zero-order valence-corrected chi connectivity index (χ0v) is 14.3. The van der Waals surface area contributed by atoms with Gasteiger partial charge in [0.15, 0.2) is 0 Å². The molecule has 0 radical (unpaired) electrons. The molecule has 0 amide bonds. The molecule has 23 heavy (non-hydrogen) atoms. The molecule has 122 valence electrons. The number of rotatable bonds is 3. The topological polar surface area (TPSA) is 37.4 Å². The number of aryl methyl sites for hydroxylation is 1. The van der Waals surface area contributed by atoms with Crippen molar-refractivity contribution in [3.63, 3.8) is 0 Å². The molecule has 0 spiro atoms. The fourth-order valence-corrected chi connectivity index (χ4v) is 5.41. The lowest BCUT2D eigenvalue weighted by Crippen LogP contribution is -2.32. The van der Waals surface area contributed by atoms with Gasteiger partial charge in [-0.15, -0.1) is 0 Å². The minimum absolute atomic E-state index is 0.180. The van der Waals surface area contributed by atoms with Crippen LogP contribution in [0.3, 0.4) is 0 Å². The molecule has 0 N–H and O–H groups in total. The van der Waals surface area contributed by atoms with Crippen molar-refractivity contribution in [3.05, 3.63) is 53.8 Å². The first-order chi connectivity index (χ1) is 11.0. The van der Waals surface area contributed by atoms with Gasteiger partial charge in [-0.25, -0.2) is 8.42 Å². The Morgan fingerprint density at radius 3 is 2.61 bits per heavy atom. The average Bonchev–Trinajstić information content (AvgIpc) is 3.31. The lowest BCUT2D eigenvalue weighted by Gasteiger charge is -2.29. The van der Waals surface area contributed by atoms with Crippen molar-refractivity contribution in [2.45, 2.75) is 43.9 Å². The highest BCUT2D eigenvalue weighted by Crippen LogP contribution is 2.62. The van der Waals surface area contributed by atoms with E-state index in [1.165, 1.54) is 30.0 Å². The fraction of sp³-hybridized carbons (Fsp3) is 0.474. The van der Waals surface area contributed by atoms with Gasteiger partial charge in [-0.2, -0.15) is 0 Å². The molecule has 1 aromatic rings. The van der Waals surface area contributed by atoms with Crippen molar-refractivity contribution in [2.75, 3.05) is 6.54 Å². The van der Waals surface area contributed by atoms with E-state index in [2.05, 4.69) is 12.2 Å². The second kappa shape index (κ2) is 5.23. The molecule has 1 aliphatic heterocycles. The maximum absolute atomic E-state index is 12.8. The molecule has 0 saturated heterocycles. The van der Waals surface area contributed by atoms with E-state index >= 15 is 0 Å². The third-order valence-electron chi connectivity index (χ3n) is 5.61. The summed E-state index contributed by atoms with van der Waals surface area (Å²) in [5.74, 6) is 0.456. The molecule has 0 unspecified atom stereocenters. The Hall–Kier alpha value is -1.55. The van der Waals surface area contributed by atoms with Crippen molar-refractivity contribution in [1.29, 1.82) is 0 Å². The number of nitrogens with zero attached hydrogens (tertiary/aromatic N) is 1. The summed E-state index contributed by atoms with van der Waals surface area (Å²) < 4.78 is 27.1. The number of benzene rings is 1. The van der Waals surface area contributed by atoms with Gasteiger partial charge in [-0.05, 0) is 57.1 Å². The zero-order chi connectivity index (χ0) is 16.1. The molecule has 1 fully saturated rings. The number of hydrogen-bond donors (Lipinski definition) is 0. The van der Waals surface area contributed by atoms with Crippen molar-refractivity contribution >= 4 is 10.0 Å². The lowest BCUT2D eigenvalue weighted by molar-refractivity contribution is 0.431. The van der Waals surface area contributed by atoms with Gasteiger partial charge in [0.2, 0.25) is 0 Å². The van der Waals surface area contributed by atoms with Crippen LogP contribution in [0.4, 0.5) is 0 Å². The summed E-state index contributed by atoms with van der Waals surface area (Å²) in [7, 11) is -3.42. The van der Waals surface area contributed by atoms with Gasteiger partial charge in [0.1, 0.15) is 0 Å². The van der Waals surface area contributed by atoms with Crippen LogP contribution in [-0.2, 0) is 10.0 Å². The first-order valence-electron chi connectivity index (χ1n) is 8.50. The normalized spacial score (nSPS) is 29.9. The van der Waals surface area contributed by atoms with Crippen molar-refractivity contribution < 1.29 is 8.42 Å². The van der Waals surface area contributed by atoms with Gasteiger partial charge in [0.05, 0.1) is 4.90 Å². The smallest absolute Gasteiger partial charge is 0.263 e. The van der Waals surface area contributed by atoms with E-state index in [-0.39, 0.29) is 5.41 Å². The van der Waals surface area contributed by atoms with Crippen molar-refractivity contribution in [3.8, 4) is 0 Å². The van der Waals surface area contributed by atoms with E-state index in [0.717, 1.165) is 12.0 Å². The van der Waals surface area contributed by atoms with E-state index in [9.17, 15) is 8.42 Å². The lowest BCUT2D eigenvalue weighted by atomic mass is 9.84. The van der Waals surface area contributed by atoms with Gasteiger partial charge >= 0.3 is 0 Å². The Bertz CT molecular complexity index is 776.